The molecule has 1 unspecified atom stereocenters. The molecule has 0 radical (unpaired) electrons. The molecule has 6 heteroatoms. The van der Waals surface area contributed by atoms with Crippen molar-refractivity contribution in [2.45, 2.75) is 45.2 Å². The van der Waals surface area contributed by atoms with Crippen LogP contribution in [0.1, 0.15) is 36.8 Å². The van der Waals surface area contributed by atoms with E-state index >= 15 is 0 Å². The van der Waals surface area contributed by atoms with Gasteiger partial charge in [0.25, 0.3) is 0 Å². The van der Waals surface area contributed by atoms with Gasteiger partial charge < -0.3 is 10.1 Å². The minimum Gasteiger partial charge on any atom is -0.383 e. The van der Waals surface area contributed by atoms with Gasteiger partial charge in [0.15, 0.2) is 0 Å². The van der Waals surface area contributed by atoms with Crippen molar-refractivity contribution in [3.63, 3.8) is 0 Å². The molecule has 0 aliphatic carbocycles. The van der Waals surface area contributed by atoms with Gasteiger partial charge in [0.05, 0.1) is 12.5 Å². The lowest BCUT2D eigenvalue weighted by Crippen LogP contribution is -2.50. The Morgan fingerprint density at radius 1 is 1.25 bits per heavy atom. The van der Waals surface area contributed by atoms with Crippen LogP contribution in [0.4, 0.5) is 4.39 Å². The number of methoxy groups -OCH3 is 1. The van der Waals surface area contributed by atoms with Gasteiger partial charge in [-0.3, -0.25) is 14.6 Å². The molecule has 5 nitrogen and oxygen atoms in total. The third-order valence-electron chi connectivity index (χ3n) is 6.13. The number of ether oxygens (including phenoxy) is 1. The van der Waals surface area contributed by atoms with Crippen molar-refractivity contribution < 1.29 is 13.9 Å². The molecule has 1 amide bonds. The third kappa shape index (κ3) is 5.75. The highest BCUT2D eigenvalue weighted by molar-refractivity contribution is 5.78. The van der Waals surface area contributed by atoms with Crippen LogP contribution < -0.4 is 5.32 Å². The second kappa shape index (κ2) is 10.3. The third-order valence-corrected chi connectivity index (χ3v) is 6.13. The Morgan fingerprint density at radius 3 is 2.75 bits per heavy atom. The number of nitrogens with zero attached hydrogens (tertiary/aromatic N) is 2. The van der Waals surface area contributed by atoms with Crippen molar-refractivity contribution in [1.29, 1.82) is 0 Å². The van der Waals surface area contributed by atoms with Crippen molar-refractivity contribution in [1.82, 2.24) is 15.1 Å². The quantitative estimate of drug-likeness (QED) is 0.726. The van der Waals surface area contributed by atoms with E-state index in [9.17, 15) is 9.18 Å². The van der Waals surface area contributed by atoms with Crippen LogP contribution in [0.25, 0.3) is 0 Å². The molecule has 156 valence electrons. The van der Waals surface area contributed by atoms with Gasteiger partial charge in [-0.1, -0.05) is 12.1 Å². The number of piperidine rings is 2. The molecule has 2 heterocycles. The van der Waals surface area contributed by atoms with E-state index < -0.39 is 0 Å². The minimum absolute atomic E-state index is 0.103. The lowest BCUT2D eigenvalue weighted by molar-refractivity contribution is -0.127. The molecule has 2 aliphatic heterocycles. The van der Waals surface area contributed by atoms with Crippen molar-refractivity contribution in [3.8, 4) is 0 Å². The predicted molar refractivity (Wildman–Crippen MR) is 109 cm³/mol. The Labute approximate surface area is 168 Å². The van der Waals surface area contributed by atoms with E-state index in [1.165, 1.54) is 5.56 Å². The zero-order valence-corrected chi connectivity index (χ0v) is 17.3. The Morgan fingerprint density at radius 2 is 2.04 bits per heavy atom. The molecule has 2 aliphatic rings. The van der Waals surface area contributed by atoms with Crippen molar-refractivity contribution in [3.05, 3.63) is 35.1 Å². The number of aryl methyl sites for hydroxylation is 1. The number of carbonyl (C=O) groups is 1. The van der Waals surface area contributed by atoms with Gasteiger partial charge in [0.2, 0.25) is 5.91 Å². The Kier molecular flexibility index (Phi) is 7.82. The van der Waals surface area contributed by atoms with Gasteiger partial charge >= 0.3 is 0 Å². The van der Waals surface area contributed by atoms with Crippen LogP contribution >= 0.6 is 0 Å². The van der Waals surface area contributed by atoms with E-state index in [1.807, 2.05) is 19.1 Å². The molecule has 1 N–H and O–H groups in total. The number of amides is 1. The molecule has 2 fully saturated rings. The second-order valence-corrected chi connectivity index (χ2v) is 8.21. The Hall–Kier alpha value is -1.50. The smallest absolute Gasteiger partial charge is 0.224 e. The molecule has 0 aromatic heterocycles. The lowest BCUT2D eigenvalue weighted by atomic mass is 9.93. The summed E-state index contributed by atoms with van der Waals surface area (Å²) >= 11 is 0. The Bertz CT molecular complexity index is 647. The van der Waals surface area contributed by atoms with E-state index in [1.54, 1.807) is 13.2 Å². The summed E-state index contributed by atoms with van der Waals surface area (Å²) < 4.78 is 18.5. The standard InChI is InChI=1S/C22H34FN3O2/c1-17-14-18(5-6-21(17)23)15-25-11-7-20(8-12-25)26-10-3-4-19(16-26)22(27)24-9-13-28-2/h5-6,14,19-20H,3-4,7-13,15-16H2,1-2H3,(H,24,27). The number of hydrogen-bond acceptors (Lipinski definition) is 4. The van der Waals surface area contributed by atoms with E-state index in [2.05, 4.69) is 15.1 Å². The van der Waals surface area contributed by atoms with Gasteiger partial charge in [-0.15, -0.1) is 0 Å². The summed E-state index contributed by atoms with van der Waals surface area (Å²) in [5.74, 6) is 0.144. The summed E-state index contributed by atoms with van der Waals surface area (Å²) in [5.41, 5.74) is 1.90. The highest BCUT2D eigenvalue weighted by Crippen LogP contribution is 2.25. The number of benzene rings is 1. The first kappa shape index (κ1) is 21.2. The first-order chi connectivity index (χ1) is 13.6. The summed E-state index contributed by atoms with van der Waals surface area (Å²) in [4.78, 5) is 17.4. The van der Waals surface area contributed by atoms with E-state index in [0.29, 0.717) is 19.2 Å². The molecule has 0 bridgehead atoms. The molecular weight excluding hydrogens is 357 g/mol. The zero-order valence-electron chi connectivity index (χ0n) is 17.3. The summed E-state index contributed by atoms with van der Waals surface area (Å²) in [7, 11) is 1.65. The first-order valence-electron chi connectivity index (χ1n) is 10.5. The van der Waals surface area contributed by atoms with Crippen LogP contribution in [0.2, 0.25) is 0 Å². The first-order valence-corrected chi connectivity index (χ1v) is 10.5. The number of rotatable bonds is 7. The summed E-state index contributed by atoms with van der Waals surface area (Å²) in [5, 5.41) is 2.99. The van der Waals surface area contributed by atoms with Crippen molar-refractivity contribution >= 4 is 5.91 Å². The van der Waals surface area contributed by atoms with E-state index in [-0.39, 0.29) is 17.6 Å². The normalized spacial score (nSPS) is 22.3. The van der Waals surface area contributed by atoms with Gasteiger partial charge in [0, 0.05) is 32.8 Å². The second-order valence-electron chi connectivity index (χ2n) is 8.21. The molecule has 1 aromatic carbocycles. The zero-order chi connectivity index (χ0) is 19.9. The SMILES string of the molecule is COCCNC(=O)C1CCCN(C2CCN(Cc3ccc(F)c(C)c3)CC2)C1. The average Bonchev–Trinajstić information content (AvgIpc) is 2.71. The van der Waals surface area contributed by atoms with Crippen LogP contribution in [0.15, 0.2) is 18.2 Å². The van der Waals surface area contributed by atoms with Crippen LogP contribution in [-0.4, -0.2) is 68.2 Å². The van der Waals surface area contributed by atoms with Crippen molar-refractivity contribution in [2.24, 2.45) is 5.92 Å². The lowest BCUT2D eigenvalue weighted by Gasteiger charge is -2.42. The maximum atomic E-state index is 13.5. The Balaban J connectivity index is 1.45. The molecule has 28 heavy (non-hydrogen) atoms. The molecule has 2 saturated heterocycles. The fourth-order valence-corrected chi connectivity index (χ4v) is 4.48. The van der Waals surface area contributed by atoms with Gasteiger partial charge in [-0.05, 0) is 69.4 Å². The molecule has 0 saturated carbocycles. The average molecular weight is 392 g/mol. The number of hydrogen-bond donors (Lipinski definition) is 1. The van der Waals surface area contributed by atoms with Crippen molar-refractivity contribution in [2.75, 3.05) is 46.4 Å². The fourth-order valence-electron chi connectivity index (χ4n) is 4.48. The van der Waals surface area contributed by atoms with Gasteiger partial charge in [0.1, 0.15) is 5.82 Å². The van der Waals surface area contributed by atoms with E-state index in [0.717, 1.165) is 64.0 Å². The molecular formula is C22H34FN3O2. The summed E-state index contributed by atoms with van der Waals surface area (Å²) in [6.07, 6.45) is 4.35. The summed E-state index contributed by atoms with van der Waals surface area (Å²) in [6, 6.07) is 5.99. The highest BCUT2D eigenvalue weighted by atomic mass is 19.1. The van der Waals surface area contributed by atoms with E-state index in [4.69, 9.17) is 4.74 Å². The maximum absolute atomic E-state index is 13.5. The number of halogens is 1. The monoisotopic (exact) mass is 391 g/mol. The molecule has 1 aromatic rings. The molecule has 3 rings (SSSR count). The maximum Gasteiger partial charge on any atom is 0.224 e. The fraction of sp³-hybridized carbons (Fsp3) is 0.682. The highest BCUT2D eigenvalue weighted by Gasteiger charge is 2.31. The van der Waals surface area contributed by atoms with Gasteiger partial charge in [-0.2, -0.15) is 0 Å². The topological polar surface area (TPSA) is 44.8 Å². The number of nitrogens with one attached hydrogen (secondary N) is 1. The summed E-state index contributed by atoms with van der Waals surface area (Å²) in [6.45, 7) is 7.96. The van der Waals surface area contributed by atoms with Crippen LogP contribution in [0, 0.1) is 18.7 Å². The number of likely N-dealkylation sites (tertiary alicyclic amines) is 2. The van der Waals surface area contributed by atoms with Gasteiger partial charge in [-0.25, -0.2) is 4.39 Å². The largest absolute Gasteiger partial charge is 0.383 e. The predicted octanol–water partition coefficient (Wildman–Crippen LogP) is 2.57. The molecule has 1 atom stereocenters. The van der Waals surface area contributed by atoms with Crippen LogP contribution in [-0.2, 0) is 16.1 Å². The number of carbonyl (C=O) groups excluding carboxylic acids is 1. The van der Waals surface area contributed by atoms with Crippen LogP contribution in [0.5, 0.6) is 0 Å². The van der Waals surface area contributed by atoms with Crippen LogP contribution in [0.3, 0.4) is 0 Å². The minimum atomic E-state index is -0.131. The molecule has 0 spiro atoms.